The molecular weight excluding hydrogens is 319 g/mol. The molecule has 1 N–H and O–H groups in total. The molecule has 0 spiro atoms. The van der Waals surface area contributed by atoms with Crippen molar-refractivity contribution in [1.82, 2.24) is 15.2 Å². The van der Waals surface area contributed by atoms with Gasteiger partial charge in [-0.05, 0) is 30.3 Å². The largest absolute Gasteiger partial charge is 0.497 e. The van der Waals surface area contributed by atoms with Gasteiger partial charge in [0.25, 0.3) is 5.91 Å². The maximum absolute atomic E-state index is 13.5. The Bertz CT molecular complexity index is 836. The Kier molecular flexibility index (Phi) is 4.24. The predicted molar refractivity (Wildman–Crippen MR) is 84.0 cm³/mol. The quantitative estimate of drug-likeness (QED) is 0.796. The number of hydrogen-bond acceptors (Lipinski definition) is 6. The summed E-state index contributed by atoms with van der Waals surface area (Å²) in [4.78, 5) is 15.6. The molecule has 8 heteroatoms. The second-order valence-electron chi connectivity index (χ2n) is 4.45. The minimum absolute atomic E-state index is 0.0961. The van der Waals surface area contributed by atoms with E-state index < -0.39 is 11.7 Å². The van der Waals surface area contributed by atoms with Gasteiger partial charge in [0.05, 0.1) is 18.9 Å². The van der Waals surface area contributed by atoms with Crippen molar-refractivity contribution in [2.75, 3.05) is 12.4 Å². The van der Waals surface area contributed by atoms with Crippen LogP contribution in [0.15, 0.2) is 42.7 Å². The normalized spacial score (nSPS) is 10.3. The fourth-order valence-electron chi connectivity index (χ4n) is 1.85. The van der Waals surface area contributed by atoms with E-state index in [9.17, 15) is 9.18 Å². The van der Waals surface area contributed by atoms with E-state index in [1.807, 2.05) is 12.1 Å². The van der Waals surface area contributed by atoms with Crippen LogP contribution in [0.4, 0.5) is 9.52 Å². The fraction of sp³-hybridized carbons (Fsp3) is 0.0667. The van der Waals surface area contributed by atoms with Gasteiger partial charge in [-0.2, -0.15) is 0 Å². The number of ether oxygens (including phenoxy) is 1. The molecule has 0 saturated heterocycles. The highest BCUT2D eigenvalue weighted by Crippen LogP contribution is 2.28. The lowest BCUT2D eigenvalue weighted by molar-refractivity contribution is 0.102. The summed E-state index contributed by atoms with van der Waals surface area (Å²) in [6.07, 6.45) is 2.33. The summed E-state index contributed by atoms with van der Waals surface area (Å²) in [5.74, 6) is -0.549. The second-order valence-corrected chi connectivity index (χ2v) is 5.43. The van der Waals surface area contributed by atoms with Crippen molar-refractivity contribution in [1.29, 1.82) is 0 Å². The maximum Gasteiger partial charge on any atom is 0.260 e. The SMILES string of the molecule is COc1ccc(-c2nnc(NC(=O)c3ccncc3F)s2)cc1. The number of rotatable bonds is 4. The minimum Gasteiger partial charge on any atom is -0.497 e. The highest BCUT2D eigenvalue weighted by atomic mass is 32.1. The summed E-state index contributed by atoms with van der Waals surface area (Å²) in [5, 5.41) is 11.4. The van der Waals surface area contributed by atoms with Crippen LogP contribution in [-0.4, -0.2) is 28.2 Å². The maximum atomic E-state index is 13.5. The molecule has 0 radical (unpaired) electrons. The molecule has 0 unspecified atom stereocenters. The molecule has 0 bridgehead atoms. The number of carbonyl (C=O) groups is 1. The molecule has 0 aliphatic carbocycles. The number of aromatic nitrogens is 3. The van der Waals surface area contributed by atoms with Gasteiger partial charge in [0.2, 0.25) is 5.13 Å². The fourth-order valence-corrected chi connectivity index (χ4v) is 2.59. The van der Waals surface area contributed by atoms with E-state index in [1.165, 1.54) is 23.6 Å². The van der Waals surface area contributed by atoms with Crippen LogP contribution in [0, 0.1) is 5.82 Å². The molecule has 2 aromatic heterocycles. The first-order chi connectivity index (χ1) is 11.2. The first-order valence-electron chi connectivity index (χ1n) is 6.56. The first kappa shape index (κ1) is 15.0. The van der Waals surface area contributed by atoms with E-state index in [2.05, 4.69) is 20.5 Å². The summed E-state index contributed by atoms with van der Waals surface area (Å²) in [6.45, 7) is 0. The van der Waals surface area contributed by atoms with Crippen molar-refractivity contribution in [2.24, 2.45) is 0 Å². The summed E-state index contributed by atoms with van der Waals surface area (Å²) in [7, 11) is 1.59. The third-order valence-electron chi connectivity index (χ3n) is 3.00. The zero-order valence-electron chi connectivity index (χ0n) is 12.0. The molecule has 3 rings (SSSR count). The number of pyridine rings is 1. The number of amides is 1. The standard InChI is InChI=1S/C15H11FN4O2S/c1-22-10-4-2-9(3-5-10)14-19-20-15(23-14)18-13(21)11-6-7-17-8-12(11)16/h2-8H,1H3,(H,18,20,21). The Morgan fingerprint density at radius 2 is 2.00 bits per heavy atom. The predicted octanol–water partition coefficient (Wildman–Crippen LogP) is 3.00. The third-order valence-corrected chi connectivity index (χ3v) is 3.89. The number of nitrogens with zero attached hydrogens (tertiary/aromatic N) is 3. The Morgan fingerprint density at radius 1 is 1.22 bits per heavy atom. The molecule has 0 saturated carbocycles. The lowest BCUT2D eigenvalue weighted by Crippen LogP contribution is -2.13. The summed E-state index contributed by atoms with van der Waals surface area (Å²) >= 11 is 1.20. The van der Waals surface area contributed by atoms with Gasteiger partial charge in [-0.25, -0.2) is 4.39 Å². The number of benzene rings is 1. The van der Waals surface area contributed by atoms with Gasteiger partial charge in [0, 0.05) is 11.8 Å². The van der Waals surface area contributed by atoms with Crippen LogP contribution in [-0.2, 0) is 0 Å². The van der Waals surface area contributed by atoms with Gasteiger partial charge in [0.15, 0.2) is 5.82 Å². The van der Waals surface area contributed by atoms with Crippen LogP contribution in [0.2, 0.25) is 0 Å². The molecule has 6 nitrogen and oxygen atoms in total. The van der Waals surface area contributed by atoms with Crippen LogP contribution >= 0.6 is 11.3 Å². The molecule has 0 aliphatic heterocycles. The zero-order chi connectivity index (χ0) is 16.2. The molecule has 0 fully saturated rings. The lowest BCUT2D eigenvalue weighted by Gasteiger charge is -2.01. The van der Waals surface area contributed by atoms with Crippen LogP contribution < -0.4 is 10.1 Å². The van der Waals surface area contributed by atoms with Crippen molar-refractivity contribution in [3.05, 3.63) is 54.1 Å². The molecule has 0 atom stereocenters. The molecule has 0 aliphatic rings. The number of anilines is 1. The average Bonchev–Trinajstić information content (AvgIpc) is 3.03. The van der Waals surface area contributed by atoms with E-state index in [1.54, 1.807) is 19.2 Å². The van der Waals surface area contributed by atoms with Gasteiger partial charge < -0.3 is 4.74 Å². The number of nitrogens with one attached hydrogen (secondary N) is 1. The average molecular weight is 330 g/mol. The first-order valence-corrected chi connectivity index (χ1v) is 7.38. The van der Waals surface area contributed by atoms with Crippen molar-refractivity contribution in [2.45, 2.75) is 0 Å². The van der Waals surface area contributed by atoms with Gasteiger partial charge >= 0.3 is 0 Å². The number of hydrogen-bond donors (Lipinski definition) is 1. The van der Waals surface area contributed by atoms with E-state index in [-0.39, 0.29) is 10.7 Å². The summed E-state index contributed by atoms with van der Waals surface area (Å²) < 4.78 is 18.6. The van der Waals surface area contributed by atoms with E-state index in [4.69, 9.17) is 4.74 Å². The highest BCUT2D eigenvalue weighted by molar-refractivity contribution is 7.18. The third kappa shape index (κ3) is 3.32. The van der Waals surface area contributed by atoms with Gasteiger partial charge in [-0.1, -0.05) is 11.3 Å². The van der Waals surface area contributed by atoms with Crippen LogP contribution in [0.3, 0.4) is 0 Å². The molecule has 2 heterocycles. The monoisotopic (exact) mass is 330 g/mol. The van der Waals surface area contributed by atoms with Gasteiger partial charge in [0.1, 0.15) is 10.8 Å². The van der Waals surface area contributed by atoms with Crippen molar-refractivity contribution in [3.8, 4) is 16.3 Å². The summed E-state index contributed by atoms with van der Waals surface area (Å²) in [5.41, 5.74) is 0.750. The highest BCUT2D eigenvalue weighted by Gasteiger charge is 2.14. The smallest absolute Gasteiger partial charge is 0.260 e. The number of methoxy groups -OCH3 is 1. The van der Waals surface area contributed by atoms with Crippen molar-refractivity contribution < 1.29 is 13.9 Å². The summed E-state index contributed by atoms with van der Waals surface area (Å²) in [6, 6.07) is 8.60. The van der Waals surface area contributed by atoms with E-state index in [0.29, 0.717) is 5.01 Å². The molecule has 3 aromatic rings. The van der Waals surface area contributed by atoms with Gasteiger partial charge in [-0.15, -0.1) is 10.2 Å². The van der Waals surface area contributed by atoms with E-state index in [0.717, 1.165) is 17.5 Å². The lowest BCUT2D eigenvalue weighted by atomic mass is 10.2. The molecular formula is C15H11FN4O2S. The topological polar surface area (TPSA) is 77.0 Å². The Balaban J connectivity index is 1.76. The Hall–Kier alpha value is -2.87. The van der Waals surface area contributed by atoms with Crippen molar-refractivity contribution >= 4 is 22.4 Å². The number of carbonyl (C=O) groups excluding carboxylic acids is 1. The Labute approximate surface area is 135 Å². The molecule has 1 amide bonds. The molecule has 23 heavy (non-hydrogen) atoms. The van der Waals surface area contributed by atoms with Gasteiger partial charge in [-0.3, -0.25) is 15.1 Å². The van der Waals surface area contributed by atoms with E-state index >= 15 is 0 Å². The second kappa shape index (κ2) is 6.49. The van der Waals surface area contributed by atoms with Crippen molar-refractivity contribution in [3.63, 3.8) is 0 Å². The molecule has 1 aromatic carbocycles. The minimum atomic E-state index is -0.690. The zero-order valence-corrected chi connectivity index (χ0v) is 12.8. The van der Waals surface area contributed by atoms with Crippen LogP contribution in [0.1, 0.15) is 10.4 Å². The Morgan fingerprint density at radius 3 is 2.70 bits per heavy atom. The van der Waals surface area contributed by atoms with Crippen LogP contribution in [0.5, 0.6) is 5.75 Å². The molecule has 116 valence electrons. The van der Waals surface area contributed by atoms with Crippen LogP contribution in [0.25, 0.3) is 10.6 Å². The number of halogens is 1.